The number of sulfonamides is 1. The topological polar surface area (TPSA) is 88.6 Å². The lowest BCUT2D eigenvalue weighted by Crippen LogP contribution is -2.44. The molecule has 0 bridgehead atoms. The molecule has 2 saturated heterocycles. The van der Waals surface area contributed by atoms with Crippen molar-refractivity contribution in [1.82, 2.24) is 9.29 Å². The van der Waals surface area contributed by atoms with Crippen molar-refractivity contribution in [3.63, 3.8) is 0 Å². The highest BCUT2D eigenvalue weighted by molar-refractivity contribution is 7.88. The SMILES string of the molecule is Cc1ncccc1NC(=O)[C@H]1C[C@H]2CCN(S(C)(=O)=O)C[C@@H]2O1. The number of piperidine rings is 1. The number of aromatic nitrogens is 1. The highest BCUT2D eigenvalue weighted by Gasteiger charge is 2.43. The van der Waals surface area contributed by atoms with E-state index in [-0.39, 0.29) is 17.9 Å². The molecule has 0 unspecified atom stereocenters. The molecule has 2 aliphatic heterocycles. The summed E-state index contributed by atoms with van der Waals surface area (Å²) in [7, 11) is -3.21. The number of anilines is 1. The first-order chi connectivity index (χ1) is 10.8. The second-order valence-electron chi connectivity index (χ2n) is 6.19. The molecule has 1 amide bonds. The maximum atomic E-state index is 12.4. The van der Waals surface area contributed by atoms with Gasteiger partial charge in [0.1, 0.15) is 6.10 Å². The summed E-state index contributed by atoms with van der Waals surface area (Å²) in [5.74, 6) is 0.0418. The Morgan fingerprint density at radius 2 is 2.26 bits per heavy atom. The van der Waals surface area contributed by atoms with Gasteiger partial charge in [-0.3, -0.25) is 9.78 Å². The van der Waals surface area contributed by atoms with Crippen LogP contribution < -0.4 is 5.32 Å². The number of amides is 1. The first kappa shape index (κ1) is 16.4. The number of carbonyl (C=O) groups is 1. The molecule has 23 heavy (non-hydrogen) atoms. The summed E-state index contributed by atoms with van der Waals surface area (Å²) in [5.41, 5.74) is 1.42. The van der Waals surface area contributed by atoms with Crippen LogP contribution in [0.15, 0.2) is 18.3 Å². The van der Waals surface area contributed by atoms with E-state index in [0.717, 1.165) is 12.1 Å². The first-order valence-corrected chi connectivity index (χ1v) is 9.52. The molecule has 1 aromatic heterocycles. The largest absolute Gasteiger partial charge is 0.363 e. The molecule has 0 aromatic carbocycles. The molecule has 0 spiro atoms. The smallest absolute Gasteiger partial charge is 0.253 e. The molecular weight excluding hydrogens is 318 g/mol. The van der Waals surface area contributed by atoms with Gasteiger partial charge in [-0.25, -0.2) is 8.42 Å². The van der Waals surface area contributed by atoms with Gasteiger partial charge in [0, 0.05) is 19.3 Å². The van der Waals surface area contributed by atoms with Crippen LogP contribution >= 0.6 is 0 Å². The van der Waals surface area contributed by atoms with Gasteiger partial charge in [0.05, 0.1) is 23.7 Å². The van der Waals surface area contributed by atoms with Crippen LogP contribution in [0, 0.1) is 12.8 Å². The average molecular weight is 339 g/mol. The van der Waals surface area contributed by atoms with E-state index < -0.39 is 16.1 Å². The third-order valence-electron chi connectivity index (χ3n) is 4.54. The molecule has 1 aromatic rings. The van der Waals surface area contributed by atoms with Crippen molar-refractivity contribution in [1.29, 1.82) is 0 Å². The number of pyridine rings is 1. The molecule has 2 fully saturated rings. The summed E-state index contributed by atoms with van der Waals surface area (Å²) in [6, 6.07) is 3.56. The molecule has 3 heterocycles. The van der Waals surface area contributed by atoms with E-state index in [0.29, 0.717) is 25.2 Å². The second kappa shape index (κ2) is 6.18. The molecule has 0 saturated carbocycles. The lowest BCUT2D eigenvalue weighted by Gasteiger charge is -2.32. The lowest BCUT2D eigenvalue weighted by molar-refractivity contribution is -0.127. The Kier molecular flexibility index (Phi) is 4.39. The predicted octanol–water partition coefficient (Wildman–Crippen LogP) is 0.768. The van der Waals surface area contributed by atoms with Crippen molar-refractivity contribution in [2.45, 2.75) is 32.0 Å². The third-order valence-corrected chi connectivity index (χ3v) is 5.81. The average Bonchev–Trinajstić information content (AvgIpc) is 2.92. The Bertz CT molecular complexity index is 706. The van der Waals surface area contributed by atoms with Gasteiger partial charge in [-0.1, -0.05) is 0 Å². The van der Waals surface area contributed by atoms with E-state index in [1.807, 2.05) is 6.92 Å². The zero-order valence-corrected chi connectivity index (χ0v) is 14.0. The molecule has 3 rings (SSSR count). The number of rotatable bonds is 3. The number of hydrogen-bond acceptors (Lipinski definition) is 5. The van der Waals surface area contributed by atoms with Crippen LogP contribution in [0.5, 0.6) is 0 Å². The molecule has 2 aliphatic rings. The fourth-order valence-electron chi connectivity index (χ4n) is 3.20. The molecule has 126 valence electrons. The summed E-state index contributed by atoms with van der Waals surface area (Å²) < 4.78 is 30.6. The van der Waals surface area contributed by atoms with E-state index in [2.05, 4.69) is 10.3 Å². The maximum absolute atomic E-state index is 12.4. The van der Waals surface area contributed by atoms with Gasteiger partial charge >= 0.3 is 0 Å². The van der Waals surface area contributed by atoms with Gasteiger partial charge < -0.3 is 10.1 Å². The van der Waals surface area contributed by atoms with Crippen LogP contribution in [-0.4, -0.2) is 55.2 Å². The van der Waals surface area contributed by atoms with Crippen LogP contribution in [0.2, 0.25) is 0 Å². The van der Waals surface area contributed by atoms with Crippen molar-refractivity contribution < 1.29 is 17.9 Å². The molecule has 0 radical (unpaired) electrons. The normalized spacial score (nSPS) is 28.3. The minimum atomic E-state index is -3.21. The summed E-state index contributed by atoms with van der Waals surface area (Å²) in [5, 5.41) is 2.84. The number of nitrogens with one attached hydrogen (secondary N) is 1. The van der Waals surface area contributed by atoms with Gasteiger partial charge in [0.25, 0.3) is 5.91 Å². The Hall–Kier alpha value is -1.51. The van der Waals surface area contributed by atoms with Crippen molar-refractivity contribution >= 4 is 21.6 Å². The Labute approximate surface area is 136 Å². The van der Waals surface area contributed by atoms with Gasteiger partial charge in [-0.2, -0.15) is 4.31 Å². The highest BCUT2D eigenvalue weighted by Crippen LogP contribution is 2.34. The molecular formula is C15H21N3O4S. The van der Waals surface area contributed by atoms with E-state index in [4.69, 9.17) is 4.74 Å². The number of ether oxygens (including phenoxy) is 1. The van der Waals surface area contributed by atoms with Crippen LogP contribution in [0.25, 0.3) is 0 Å². The number of fused-ring (bicyclic) bond motifs is 1. The summed E-state index contributed by atoms with van der Waals surface area (Å²) in [4.78, 5) is 16.5. The van der Waals surface area contributed by atoms with E-state index in [1.54, 1.807) is 18.3 Å². The zero-order chi connectivity index (χ0) is 16.6. The lowest BCUT2D eigenvalue weighted by atomic mass is 9.93. The fourth-order valence-corrected chi connectivity index (χ4v) is 4.06. The predicted molar refractivity (Wildman–Crippen MR) is 85.4 cm³/mol. The monoisotopic (exact) mass is 339 g/mol. The minimum Gasteiger partial charge on any atom is -0.363 e. The van der Waals surface area contributed by atoms with E-state index >= 15 is 0 Å². The molecule has 1 N–H and O–H groups in total. The molecule has 7 nitrogen and oxygen atoms in total. The number of nitrogens with zero attached hydrogens (tertiary/aromatic N) is 2. The fraction of sp³-hybridized carbons (Fsp3) is 0.600. The number of hydrogen-bond donors (Lipinski definition) is 1. The van der Waals surface area contributed by atoms with Crippen LogP contribution in [0.1, 0.15) is 18.5 Å². The minimum absolute atomic E-state index is 0.193. The van der Waals surface area contributed by atoms with Gasteiger partial charge in [-0.15, -0.1) is 0 Å². The summed E-state index contributed by atoms with van der Waals surface area (Å²) in [6.45, 7) is 2.66. The van der Waals surface area contributed by atoms with E-state index in [9.17, 15) is 13.2 Å². The Balaban J connectivity index is 1.64. The van der Waals surface area contributed by atoms with Gasteiger partial charge in [-0.05, 0) is 37.8 Å². The van der Waals surface area contributed by atoms with Gasteiger partial charge in [0.15, 0.2) is 0 Å². The second-order valence-corrected chi connectivity index (χ2v) is 8.18. The van der Waals surface area contributed by atoms with Crippen LogP contribution in [0.4, 0.5) is 5.69 Å². The maximum Gasteiger partial charge on any atom is 0.253 e. The van der Waals surface area contributed by atoms with Gasteiger partial charge in [0.2, 0.25) is 10.0 Å². The highest BCUT2D eigenvalue weighted by atomic mass is 32.2. The standard InChI is InChI=1S/C15H21N3O4S/c1-10-12(4-3-6-16-10)17-15(19)13-8-11-5-7-18(23(2,20)21)9-14(11)22-13/h3-4,6,11,13-14H,5,7-9H2,1-2H3,(H,17,19)/t11-,13-,14+/m1/s1. The van der Waals surface area contributed by atoms with Crippen molar-refractivity contribution in [2.75, 3.05) is 24.7 Å². The summed E-state index contributed by atoms with van der Waals surface area (Å²) >= 11 is 0. The summed E-state index contributed by atoms with van der Waals surface area (Å²) in [6.07, 6.45) is 3.50. The van der Waals surface area contributed by atoms with Crippen molar-refractivity contribution in [2.24, 2.45) is 5.92 Å². The number of aryl methyl sites for hydroxylation is 1. The number of carbonyl (C=O) groups excluding carboxylic acids is 1. The third kappa shape index (κ3) is 3.54. The Morgan fingerprint density at radius 1 is 1.48 bits per heavy atom. The zero-order valence-electron chi connectivity index (χ0n) is 13.2. The first-order valence-electron chi connectivity index (χ1n) is 7.67. The Morgan fingerprint density at radius 3 is 2.96 bits per heavy atom. The molecule has 3 atom stereocenters. The van der Waals surface area contributed by atoms with Crippen molar-refractivity contribution in [3.05, 3.63) is 24.0 Å². The van der Waals surface area contributed by atoms with E-state index in [1.165, 1.54) is 10.6 Å². The quantitative estimate of drug-likeness (QED) is 0.878. The van der Waals surface area contributed by atoms with Crippen LogP contribution in [-0.2, 0) is 19.6 Å². The molecule has 0 aliphatic carbocycles. The van der Waals surface area contributed by atoms with Crippen molar-refractivity contribution in [3.8, 4) is 0 Å². The van der Waals surface area contributed by atoms with Crippen LogP contribution in [0.3, 0.4) is 0 Å². The molecule has 8 heteroatoms.